The Balaban J connectivity index is 1.94. The van der Waals surface area contributed by atoms with Crippen molar-refractivity contribution in [2.75, 3.05) is 34.4 Å². The Morgan fingerprint density at radius 3 is 2.35 bits per heavy atom. The largest absolute Gasteiger partial charge is 0.493 e. The van der Waals surface area contributed by atoms with E-state index in [1.165, 1.54) is 0 Å². The van der Waals surface area contributed by atoms with Crippen molar-refractivity contribution >= 4 is 5.91 Å². The first-order valence-corrected chi connectivity index (χ1v) is 7.31. The Bertz CT molecular complexity index is 643. The fraction of sp³-hybridized carbons (Fsp3) is 0.278. The minimum atomic E-state index is -0.0948. The number of likely N-dealkylation sites (N-methyl/N-ethyl adjacent to an activating group) is 1. The van der Waals surface area contributed by atoms with Gasteiger partial charge in [0.2, 0.25) is 0 Å². The van der Waals surface area contributed by atoms with Gasteiger partial charge in [-0.25, -0.2) is 0 Å². The zero-order valence-electron chi connectivity index (χ0n) is 13.6. The van der Waals surface area contributed by atoms with Crippen LogP contribution in [0.3, 0.4) is 0 Å². The third-order valence-electron chi connectivity index (χ3n) is 3.42. The summed E-state index contributed by atoms with van der Waals surface area (Å²) in [4.78, 5) is 14.0. The van der Waals surface area contributed by atoms with Crippen LogP contribution in [0.2, 0.25) is 0 Å². The van der Waals surface area contributed by atoms with Gasteiger partial charge >= 0.3 is 0 Å². The summed E-state index contributed by atoms with van der Waals surface area (Å²) in [5, 5.41) is 0. The summed E-state index contributed by atoms with van der Waals surface area (Å²) in [6, 6.07) is 14.6. The highest BCUT2D eigenvalue weighted by Gasteiger charge is 2.14. The molecule has 0 heterocycles. The first-order valence-electron chi connectivity index (χ1n) is 7.31. The monoisotopic (exact) mass is 315 g/mol. The van der Waals surface area contributed by atoms with Crippen LogP contribution in [-0.4, -0.2) is 45.2 Å². The Kier molecular flexibility index (Phi) is 5.86. The van der Waals surface area contributed by atoms with Crippen molar-refractivity contribution < 1.29 is 19.0 Å². The minimum absolute atomic E-state index is 0.0948. The Labute approximate surface area is 136 Å². The lowest BCUT2D eigenvalue weighted by Crippen LogP contribution is -2.30. The van der Waals surface area contributed by atoms with Gasteiger partial charge in [-0.2, -0.15) is 0 Å². The van der Waals surface area contributed by atoms with Crippen LogP contribution in [-0.2, 0) is 0 Å². The molecular formula is C18H21NO4. The minimum Gasteiger partial charge on any atom is -0.493 e. The van der Waals surface area contributed by atoms with Crippen LogP contribution in [0.15, 0.2) is 48.5 Å². The average Bonchev–Trinajstić information content (AvgIpc) is 2.61. The molecule has 1 amide bonds. The number of hydrogen-bond acceptors (Lipinski definition) is 4. The van der Waals surface area contributed by atoms with Crippen LogP contribution in [0.25, 0.3) is 0 Å². The van der Waals surface area contributed by atoms with Gasteiger partial charge in [-0.3, -0.25) is 4.79 Å². The predicted octanol–water partition coefficient (Wildman–Crippen LogP) is 2.85. The molecule has 0 atom stereocenters. The number of carbonyl (C=O) groups excluding carboxylic acids is 1. The molecular weight excluding hydrogens is 294 g/mol. The van der Waals surface area contributed by atoms with E-state index in [1.807, 2.05) is 30.3 Å². The number of hydrogen-bond donors (Lipinski definition) is 0. The number of methoxy groups -OCH3 is 2. The van der Waals surface area contributed by atoms with Crippen molar-refractivity contribution in [1.82, 2.24) is 4.90 Å². The summed E-state index contributed by atoms with van der Waals surface area (Å²) in [5.74, 6) is 1.83. The van der Waals surface area contributed by atoms with Crippen LogP contribution in [0.5, 0.6) is 17.2 Å². The smallest absolute Gasteiger partial charge is 0.253 e. The number of rotatable bonds is 7. The van der Waals surface area contributed by atoms with E-state index in [4.69, 9.17) is 14.2 Å². The number of nitrogens with zero attached hydrogens (tertiary/aromatic N) is 1. The quantitative estimate of drug-likeness (QED) is 0.788. The molecule has 5 heteroatoms. The van der Waals surface area contributed by atoms with E-state index < -0.39 is 0 Å². The highest BCUT2D eigenvalue weighted by molar-refractivity contribution is 5.94. The maximum atomic E-state index is 12.4. The van der Waals surface area contributed by atoms with Crippen molar-refractivity contribution in [3.8, 4) is 17.2 Å². The zero-order valence-corrected chi connectivity index (χ0v) is 13.6. The molecule has 0 unspecified atom stereocenters. The molecule has 2 aromatic rings. The lowest BCUT2D eigenvalue weighted by Gasteiger charge is -2.18. The van der Waals surface area contributed by atoms with Gasteiger partial charge in [-0.1, -0.05) is 18.2 Å². The third-order valence-corrected chi connectivity index (χ3v) is 3.42. The summed E-state index contributed by atoms with van der Waals surface area (Å²) in [5.41, 5.74) is 0.546. The van der Waals surface area contributed by atoms with Gasteiger partial charge in [-0.05, 0) is 30.3 Å². The van der Waals surface area contributed by atoms with Crippen LogP contribution in [0.4, 0.5) is 0 Å². The number of benzene rings is 2. The fourth-order valence-corrected chi connectivity index (χ4v) is 2.11. The van der Waals surface area contributed by atoms with Crippen LogP contribution < -0.4 is 14.2 Å². The average molecular weight is 315 g/mol. The Morgan fingerprint density at radius 2 is 1.70 bits per heavy atom. The maximum absolute atomic E-state index is 12.4. The predicted molar refractivity (Wildman–Crippen MR) is 88.4 cm³/mol. The van der Waals surface area contributed by atoms with Gasteiger partial charge in [-0.15, -0.1) is 0 Å². The number of ether oxygens (including phenoxy) is 3. The van der Waals surface area contributed by atoms with E-state index >= 15 is 0 Å². The van der Waals surface area contributed by atoms with Gasteiger partial charge in [0.05, 0.1) is 20.8 Å². The molecule has 0 radical (unpaired) electrons. The summed E-state index contributed by atoms with van der Waals surface area (Å²) >= 11 is 0. The van der Waals surface area contributed by atoms with E-state index in [1.54, 1.807) is 44.4 Å². The topological polar surface area (TPSA) is 48.0 Å². The molecule has 0 bridgehead atoms. The van der Waals surface area contributed by atoms with E-state index in [2.05, 4.69) is 0 Å². The van der Waals surface area contributed by atoms with Crippen LogP contribution in [0.1, 0.15) is 10.4 Å². The molecule has 2 aromatic carbocycles. The number of para-hydroxylation sites is 1. The SMILES string of the molecule is COc1ccc(C(=O)N(C)CCOc2ccccc2)cc1OC. The Hall–Kier alpha value is -2.69. The molecule has 0 saturated heterocycles. The normalized spacial score (nSPS) is 10.0. The van der Waals surface area contributed by atoms with Gasteiger partial charge in [0.15, 0.2) is 11.5 Å². The third kappa shape index (κ3) is 4.39. The molecule has 23 heavy (non-hydrogen) atoms. The summed E-state index contributed by atoms with van der Waals surface area (Å²) < 4.78 is 16.0. The molecule has 0 aliphatic heterocycles. The van der Waals surface area contributed by atoms with Gasteiger partial charge < -0.3 is 19.1 Å². The molecule has 0 N–H and O–H groups in total. The summed E-state index contributed by atoms with van der Waals surface area (Å²) in [7, 11) is 4.85. The zero-order chi connectivity index (χ0) is 16.7. The maximum Gasteiger partial charge on any atom is 0.253 e. The first-order chi connectivity index (χ1) is 11.2. The lowest BCUT2D eigenvalue weighted by atomic mass is 10.2. The van der Waals surface area contributed by atoms with Crippen molar-refractivity contribution in [3.05, 3.63) is 54.1 Å². The summed E-state index contributed by atoms with van der Waals surface area (Å²) in [6.07, 6.45) is 0. The number of amides is 1. The van der Waals surface area contributed by atoms with Crippen molar-refractivity contribution in [2.24, 2.45) is 0 Å². The second-order valence-electron chi connectivity index (χ2n) is 4.96. The molecule has 0 aliphatic rings. The fourth-order valence-electron chi connectivity index (χ4n) is 2.11. The highest BCUT2D eigenvalue weighted by Crippen LogP contribution is 2.27. The van der Waals surface area contributed by atoms with Gasteiger partial charge in [0.1, 0.15) is 12.4 Å². The van der Waals surface area contributed by atoms with Crippen molar-refractivity contribution in [3.63, 3.8) is 0 Å². The summed E-state index contributed by atoms with van der Waals surface area (Å²) in [6.45, 7) is 0.918. The van der Waals surface area contributed by atoms with E-state index in [9.17, 15) is 4.79 Å². The van der Waals surface area contributed by atoms with Crippen LogP contribution in [0, 0.1) is 0 Å². The van der Waals surface area contributed by atoms with E-state index in [-0.39, 0.29) is 5.91 Å². The Morgan fingerprint density at radius 1 is 1.00 bits per heavy atom. The highest BCUT2D eigenvalue weighted by atomic mass is 16.5. The van der Waals surface area contributed by atoms with Gasteiger partial charge in [0.25, 0.3) is 5.91 Å². The van der Waals surface area contributed by atoms with Crippen molar-refractivity contribution in [2.45, 2.75) is 0 Å². The molecule has 0 spiro atoms. The van der Waals surface area contributed by atoms with E-state index in [0.717, 1.165) is 5.75 Å². The van der Waals surface area contributed by atoms with Gasteiger partial charge in [0, 0.05) is 12.6 Å². The second kappa shape index (κ2) is 8.08. The first kappa shape index (κ1) is 16.7. The molecule has 5 nitrogen and oxygen atoms in total. The lowest BCUT2D eigenvalue weighted by molar-refractivity contribution is 0.0773. The molecule has 122 valence electrons. The molecule has 0 fully saturated rings. The van der Waals surface area contributed by atoms with E-state index in [0.29, 0.717) is 30.2 Å². The number of carbonyl (C=O) groups is 1. The molecule has 0 aromatic heterocycles. The molecule has 0 saturated carbocycles. The molecule has 0 aliphatic carbocycles. The van der Waals surface area contributed by atoms with Crippen molar-refractivity contribution in [1.29, 1.82) is 0 Å². The molecule has 2 rings (SSSR count). The second-order valence-corrected chi connectivity index (χ2v) is 4.96. The standard InChI is InChI=1S/C18H21NO4/c1-19(11-12-23-15-7-5-4-6-8-15)18(20)14-9-10-16(21-2)17(13-14)22-3/h4-10,13H,11-12H2,1-3H3. The van der Waals surface area contributed by atoms with Crippen LogP contribution >= 0.6 is 0 Å².